The van der Waals surface area contributed by atoms with Gasteiger partial charge in [-0.1, -0.05) is 29.8 Å². The Balaban J connectivity index is 1.69. The van der Waals surface area contributed by atoms with Gasteiger partial charge in [0.15, 0.2) is 0 Å². The average molecular weight is 444 g/mol. The van der Waals surface area contributed by atoms with Crippen LogP contribution in [0.1, 0.15) is 45.3 Å². The second-order valence-corrected chi connectivity index (χ2v) is 7.57. The van der Waals surface area contributed by atoms with Gasteiger partial charge in [-0.25, -0.2) is 9.80 Å². The van der Waals surface area contributed by atoms with Gasteiger partial charge in [0.1, 0.15) is 30.0 Å². The Morgan fingerprint density at radius 2 is 2.03 bits per heavy atom. The van der Waals surface area contributed by atoms with Crippen molar-refractivity contribution in [1.82, 2.24) is 9.58 Å². The number of aromatic nitrogens is 1. The molecule has 0 fully saturated rings. The Bertz CT molecular complexity index is 1330. The van der Waals surface area contributed by atoms with E-state index >= 15 is 0 Å². The second kappa shape index (κ2) is 8.96. The first-order chi connectivity index (χ1) is 15.9. The van der Waals surface area contributed by atoms with E-state index in [9.17, 15) is 19.6 Å². The summed E-state index contributed by atoms with van der Waals surface area (Å²) in [4.78, 5) is 37.8. The fourth-order valence-electron chi connectivity index (χ4n) is 3.64. The molecule has 0 saturated heterocycles. The third-order valence-corrected chi connectivity index (χ3v) is 5.36. The van der Waals surface area contributed by atoms with Gasteiger partial charge in [0, 0.05) is 12.6 Å². The topological polar surface area (TPSA) is 118 Å². The predicted octanol–water partition coefficient (Wildman–Crippen LogP) is 2.79. The number of pyridine rings is 1. The van der Waals surface area contributed by atoms with Crippen molar-refractivity contribution in [3.63, 3.8) is 0 Å². The van der Waals surface area contributed by atoms with E-state index in [2.05, 4.69) is 9.84 Å². The maximum absolute atomic E-state index is 13.3. The molecule has 1 atom stereocenters. The number of rotatable bonds is 5. The Morgan fingerprint density at radius 1 is 1.27 bits per heavy atom. The highest BCUT2D eigenvalue weighted by molar-refractivity contribution is 6.03. The Hall–Kier alpha value is -4.45. The highest BCUT2D eigenvalue weighted by Crippen LogP contribution is 2.33. The van der Waals surface area contributed by atoms with Crippen molar-refractivity contribution in [1.29, 1.82) is 5.26 Å². The van der Waals surface area contributed by atoms with Crippen LogP contribution >= 0.6 is 0 Å². The van der Waals surface area contributed by atoms with Crippen LogP contribution in [-0.2, 0) is 16.1 Å². The second-order valence-electron chi connectivity index (χ2n) is 7.57. The number of carbonyl (C=O) groups excluding carboxylic acids is 2. The van der Waals surface area contributed by atoms with E-state index < -0.39 is 30.0 Å². The van der Waals surface area contributed by atoms with Gasteiger partial charge < -0.3 is 13.7 Å². The van der Waals surface area contributed by atoms with Crippen molar-refractivity contribution in [3.8, 4) is 6.07 Å². The van der Waals surface area contributed by atoms with Crippen molar-refractivity contribution in [2.24, 2.45) is 5.10 Å². The molecule has 0 spiro atoms. The Labute approximate surface area is 189 Å². The van der Waals surface area contributed by atoms with Gasteiger partial charge >= 0.3 is 5.97 Å². The van der Waals surface area contributed by atoms with Crippen molar-refractivity contribution in [2.75, 3.05) is 7.11 Å². The summed E-state index contributed by atoms with van der Waals surface area (Å²) < 4.78 is 11.2. The van der Waals surface area contributed by atoms with Crippen LogP contribution in [0.4, 0.5) is 0 Å². The van der Waals surface area contributed by atoms with E-state index in [1.807, 2.05) is 31.2 Å². The number of esters is 1. The number of amides is 1. The molecule has 166 valence electrons. The minimum atomic E-state index is -0.720. The first-order valence-electron chi connectivity index (χ1n) is 10.1. The minimum Gasteiger partial charge on any atom is -0.467 e. The number of nitriles is 1. The van der Waals surface area contributed by atoms with Gasteiger partial charge in [0.2, 0.25) is 0 Å². The highest BCUT2D eigenvalue weighted by Gasteiger charge is 2.35. The van der Waals surface area contributed by atoms with Crippen LogP contribution in [-0.4, -0.2) is 34.3 Å². The lowest BCUT2D eigenvalue weighted by atomic mass is 10.0. The van der Waals surface area contributed by atoms with Gasteiger partial charge in [-0.15, -0.1) is 0 Å². The summed E-state index contributed by atoms with van der Waals surface area (Å²) >= 11 is 0. The molecule has 0 bridgehead atoms. The molecule has 4 rings (SSSR count). The van der Waals surface area contributed by atoms with E-state index in [0.29, 0.717) is 17.9 Å². The molecule has 9 nitrogen and oxygen atoms in total. The van der Waals surface area contributed by atoms with Crippen molar-refractivity contribution in [2.45, 2.75) is 25.9 Å². The van der Waals surface area contributed by atoms with Crippen molar-refractivity contribution in [3.05, 3.63) is 93.3 Å². The zero-order valence-electron chi connectivity index (χ0n) is 18.0. The smallest absolute Gasteiger partial charge is 0.339 e. The Kier molecular flexibility index (Phi) is 5.91. The summed E-state index contributed by atoms with van der Waals surface area (Å²) in [5.74, 6) is -0.656. The molecule has 33 heavy (non-hydrogen) atoms. The molecule has 0 aliphatic carbocycles. The summed E-state index contributed by atoms with van der Waals surface area (Å²) in [6.07, 6.45) is 3.16. The molecule has 1 aromatic carbocycles. The number of hydrazone groups is 1. The molecule has 1 aliphatic rings. The fourth-order valence-corrected chi connectivity index (χ4v) is 3.64. The molecule has 1 aliphatic heterocycles. The summed E-state index contributed by atoms with van der Waals surface area (Å²) in [5.41, 5.74) is 1.73. The molecule has 2 aromatic heterocycles. The summed E-state index contributed by atoms with van der Waals surface area (Å²) in [6.45, 7) is 1.57. The number of aryl methyl sites for hydroxylation is 1. The monoisotopic (exact) mass is 444 g/mol. The lowest BCUT2D eigenvalue weighted by Gasteiger charge is -2.20. The number of carbonyl (C=O) groups is 2. The molecule has 0 saturated carbocycles. The van der Waals surface area contributed by atoms with E-state index in [1.54, 1.807) is 18.2 Å². The van der Waals surface area contributed by atoms with Gasteiger partial charge in [0.05, 0.1) is 24.6 Å². The summed E-state index contributed by atoms with van der Waals surface area (Å²) in [5, 5.41) is 15.1. The minimum absolute atomic E-state index is 0.00528. The number of furan rings is 1. The lowest BCUT2D eigenvalue weighted by molar-refractivity contribution is -0.134. The molecule has 0 unspecified atom stereocenters. The van der Waals surface area contributed by atoms with Crippen LogP contribution in [0.5, 0.6) is 0 Å². The molecule has 0 radical (unpaired) electrons. The van der Waals surface area contributed by atoms with Crippen LogP contribution in [0.25, 0.3) is 0 Å². The maximum atomic E-state index is 13.3. The van der Waals surface area contributed by atoms with Crippen LogP contribution in [0.2, 0.25) is 0 Å². The maximum Gasteiger partial charge on any atom is 0.339 e. The largest absolute Gasteiger partial charge is 0.467 e. The van der Waals surface area contributed by atoms with Gasteiger partial charge in [0.25, 0.3) is 11.5 Å². The quantitative estimate of drug-likeness (QED) is 0.559. The van der Waals surface area contributed by atoms with E-state index in [4.69, 9.17) is 4.42 Å². The molecular weight excluding hydrogens is 424 g/mol. The zero-order chi connectivity index (χ0) is 23.5. The number of hydrogen-bond acceptors (Lipinski definition) is 7. The van der Waals surface area contributed by atoms with Crippen LogP contribution in [0.15, 0.2) is 69.2 Å². The van der Waals surface area contributed by atoms with Crippen LogP contribution < -0.4 is 5.56 Å². The van der Waals surface area contributed by atoms with Gasteiger partial charge in [-0.2, -0.15) is 10.4 Å². The summed E-state index contributed by atoms with van der Waals surface area (Å²) in [6, 6.07) is 13.7. The number of nitrogens with zero attached hydrogens (tertiary/aromatic N) is 4. The molecule has 0 N–H and O–H groups in total. The summed E-state index contributed by atoms with van der Waals surface area (Å²) in [7, 11) is 1.19. The van der Waals surface area contributed by atoms with Crippen LogP contribution in [0.3, 0.4) is 0 Å². The predicted molar refractivity (Wildman–Crippen MR) is 117 cm³/mol. The van der Waals surface area contributed by atoms with Crippen molar-refractivity contribution >= 4 is 17.6 Å². The SMILES string of the molecule is COC(=O)c1cc(C#N)c(=O)n(CC(=O)N2N=C(c3ccc(C)cc3)C[C@H]2c2ccco2)c1. The normalized spacial score (nSPS) is 15.1. The van der Waals surface area contributed by atoms with Crippen molar-refractivity contribution < 1.29 is 18.7 Å². The molecule has 3 heterocycles. The molecule has 3 aromatic rings. The Morgan fingerprint density at radius 3 is 2.67 bits per heavy atom. The number of ether oxygens (including phenoxy) is 1. The van der Waals surface area contributed by atoms with Gasteiger partial charge in [-0.3, -0.25) is 9.59 Å². The third-order valence-electron chi connectivity index (χ3n) is 5.36. The zero-order valence-corrected chi connectivity index (χ0v) is 18.0. The number of hydrogen-bond donors (Lipinski definition) is 0. The average Bonchev–Trinajstić information content (AvgIpc) is 3.50. The molecular formula is C24H20N4O5. The molecule has 9 heteroatoms. The van der Waals surface area contributed by atoms with Gasteiger partial charge in [-0.05, 0) is 30.7 Å². The fraction of sp³-hybridized carbons (Fsp3) is 0.208. The standard InChI is InChI=1S/C24H20N4O5/c1-15-5-7-16(8-6-15)19-11-20(21-4-3-9-33-21)28(26-19)22(29)14-27-13-18(24(31)32-2)10-17(12-25)23(27)30/h3-10,13,20H,11,14H2,1-2H3/t20-/m0/s1. The molecule has 1 amide bonds. The van der Waals surface area contributed by atoms with E-state index in [1.165, 1.54) is 24.6 Å². The highest BCUT2D eigenvalue weighted by atomic mass is 16.5. The van der Waals surface area contributed by atoms with Crippen LogP contribution in [0, 0.1) is 18.3 Å². The van der Waals surface area contributed by atoms with E-state index in [-0.39, 0.29) is 11.1 Å². The van der Waals surface area contributed by atoms with E-state index in [0.717, 1.165) is 21.8 Å². The lowest BCUT2D eigenvalue weighted by Crippen LogP contribution is -2.34. The number of methoxy groups -OCH3 is 1. The number of benzene rings is 1. The first-order valence-corrected chi connectivity index (χ1v) is 10.1. The first kappa shape index (κ1) is 21.8. The third kappa shape index (κ3) is 4.32.